The average Bonchev–Trinajstić information content (AvgIpc) is 2.83. The first-order valence-corrected chi connectivity index (χ1v) is 7.94. The van der Waals surface area contributed by atoms with Gasteiger partial charge < -0.3 is 20.0 Å². The molecule has 8 heteroatoms. The Balaban J connectivity index is 2.11. The molecule has 1 amide bonds. The largest absolute Gasteiger partial charge is 0.480 e. The lowest BCUT2D eigenvalue weighted by molar-refractivity contribution is -0.226. The minimum absolute atomic E-state index is 0.0909. The van der Waals surface area contributed by atoms with E-state index in [4.69, 9.17) is 9.57 Å². The molecular weight excluding hydrogens is 328 g/mol. The number of rotatable bonds is 7. The van der Waals surface area contributed by atoms with Crippen LogP contribution in [-0.4, -0.2) is 53.4 Å². The highest BCUT2D eigenvalue weighted by Gasteiger charge is 2.50. The summed E-state index contributed by atoms with van der Waals surface area (Å²) in [7, 11) is 1.33. The fraction of sp³-hybridized carbons (Fsp3) is 0.471. The van der Waals surface area contributed by atoms with Crippen molar-refractivity contribution in [3.63, 3.8) is 0 Å². The molecular formula is C17H22N2O6. The summed E-state index contributed by atoms with van der Waals surface area (Å²) in [4.78, 5) is 40.9. The van der Waals surface area contributed by atoms with Crippen molar-refractivity contribution < 1.29 is 29.1 Å². The van der Waals surface area contributed by atoms with Gasteiger partial charge in [0.1, 0.15) is 6.04 Å². The van der Waals surface area contributed by atoms with Crippen LogP contribution < -0.4 is 5.32 Å². The van der Waals surface area contributed by atoms with E-state index >= 15 is 0 Å². The maximum Gasteiger partial charge on any atom is 0.351 e. The highest BCUT2D eigenvalue weighted by atomic mass is 16.8. The SMILES string of the molecule is COC1C(NC(=O)Cc2ccccc2)C(=O)ON1C(C(=O)O)C(C)C. The zero-order chi connectivity index (χ0) is 18.6. The Morgan fingerprint density at radius 1 is 1.32 bits per heavy atom. The minimum atomic E-state index is -1.14. The number of nitrogens with one attached hydrogen (secondary N) is 1. The first-order valence-electron chi connectivity index (χ1n) is 7.94. The van der Waals surface area contributed by atoms with E-state index in [1.165, 1.54) is 7.11 Å². The first kappa shape index (κ1) is 18.9. The summed E-state index contributed by atoms with van der Waals surface area (Å²) in [5.74, 6) is -2.60. The van der Waals surface area contributed by atoms with Crippen molar-refractivity contribution in [2.45, 2.75) is 38.6 Å². The van der Waals surface area contributed by atoms with Crippen LogP contribution in [0.15, 0.2) is 30.3 Å². The number of methoxy groups -OCH3 is 1. The molecule has 2 rings (SSSR count). The summed E-state index contributed by atoms with van der Waals surface area (Å²) < 4.78 is 5.24. The molecule has 1 aromatic rings. The van der Waals surface area contributed by atoms with Crippen LogP contribution in [0.1, 0.15) is 19.4 Å². The van der Waals surface area contributed by atoms with Crippen LogP contribution in [0.5, 0.6) is 0 Å². The number of ether oxygens (including phenoxy) is 1. The molecule has 1 aromatic carbocycles. The Kier molecular flexibility index (Phi) is 6.11. The summed E-state index contributed by atoms with van der Waals surface area (Å²) in [6.45, 7) is 3.39. The summed E-state index contributed by atoms with van der Waals surface area (Å²) in [6, 6.07) is 6.88. The molecule has 0 radical (unpaired) electrons. The second kappa shape index (κ2) is 8.09. The normalized spacial score (nSPS) is 21.8. The third-order valence-electron chi connectivity index (χ3n) is 3.91. The highest BCUT2D eigenvalue weighted by Crippen LogP contribution is 2.24. The lowest BCUT2D eigenvalue weighted by Crippen LogP contribution is -2.53. The summed E-state index contributed by atoms with van der Waals surface area (Å²) in [5, 5.41) is 13.0. The molecule has 0 saturated carbocycles. The van der Waals surface area contributed by atoms with Gasteiger partial charge in [-0.2, -0.15) is 0 Å². The van der Waals surface area contributed by atoms with Crippen LogP contribution in [-0.2, 0) is 30.4 Å². The highest BCUT2D eigenvalue weighted by molar-refractivity contribution is 5.87. The molecule has 8 nitrogen and oxygen atoms in total. The Bertz CT molecular complexity index is 633. The number of benzene rings is 1. The number of nitrogens with zero attached hydrogens (tertiary/aromatic N) is 1. The number of carbonyl (C=O) groups excluding carboxylic acids is 2. The summed E-state index contributed by atoms with van der Waals surface area (Å²) >= 11 is 0. The third-order valence-corrected chi connectivity index (χ3v) is 3.91. The maximum atomic E-state index is 12.2. The van der Waals surface area contributed by atoms with Gasteiger partial charge in [-0.15, -0.1) is 0 Å². The van der Waals surface area contributed by atoms with E-state index in [2.05, 4.69) is 5.32 Å². The van der Waals surface area contributed by atoms with E-state index in [9.17, 15) is 19.5 Å². The number of hydroxylamine groups is 2. The van der Waals surface area contributed by atoms with E-state index < -0.39 is 30.3 Å². The van der Waals surface area contributed by atoms with E-state index in [1.807, 2.05) is 18.2 Å². The monoisotopic (exact) mass is 350 g/mol. The number of hydrogen-bond donors (Lipinski definition) is 2. The Morgan fingerprint density at radius 2 is 1.96 bits per heavy atom. The van der Waals surface area contributed by atoms with Gasteiger partial charge in [0.2, 0.25) is 5.91 Å². The van der Waals surface area contributed by atoms with Crippen molar-refractivity contribution in [2.75, 3.05) is 7.11 Å². The molecule has 0 spiro atoms. The van der Waals surface area contributed by atoms with Crippen molar-refractivity contribution in [3.05, 3.63) is 35.9 Å². The summed E-state index contributed by atoms with van der Waals surface area (Å²) in [5.41, 5.74) is 0.794. The first-order chi connectivity index (χ1) is 11.8. The van der Waals surface area contributed by atoms with Gasteiger partial charge in [-0.05, 0) is 11.5 Å². The van der Waals surface area contributed by atoms with Gasteiger partial charge in [0.15, 0.2) is 12.3 Å². The number of hydrogen-bond acceptors (Lipinski definition) is 6. The topological polar surface area (TPSA) is 105 Å². The van der Waals surface area contributed by atoms with Gasteiger partial charge in [0, 0.05) is 7.11 Å². The molecule has 0 bridgehead atoms. The molecule has 0 aromatic heterocycles. The van der Waals surface area contributed by atoms with Crippen molar-refractivity contribution in [3.8, 4) is 0 Å². The van der Waals surface area contributed by atoms with Crippen LogP contribution in [0, 0.1) is 5.92 Å². The molecule has 1 saturated heterocycles. The number of aliphatic carboxylic acids is 1. The van der Waals surface area contributed by atoms with Crippen molar-refractivity contribution in [2.24, 2.45) is 5.92 Å². The van der Waals surface area contributed by atoms with E-state index in [-0.39, 0.29) is 18.2 Å². The van der Waals surface area contributed by atoms with E-state index in [0.29, 0.717) is 0 Å². The Hall–Kier alpha value is -2.45. The maximum absolute atomic E-state index is 12.2. The Morgan fingerprint density at radius 3 is 2.48 bits per heavy atom. The van der Waals surface area contributed by atoms with Crippen LogP contribution in [0.4, 0.5) is 0 Å². The van der Waals surface area contributed by atoms with E-state index in [0.717, 1.165) is 10.6 Å². The van der Waals surface area contributed by atoms with Gasteiger partial charge in [0.05, 0.1) is 6.42 Å². The van der Waals surface area contributed by atoms with Crippen LogP contribution >= 0.6 is 0 Å². The molecule has 136 valence electrons. The third kappa shape index (κ3) is 4.34. The van der Waals surface area contributed by atoms with Crippen LogP contribution in [0.3, 0.4) is 0 Å². The zero-order valence-electron chi connectivity index (χ0n) is 14.3. The fourth-order valence-corrected chi connectivity index (χ4v) is 2.75. The number of carboxylic acid groups (broad SMARTS) is 1. The molecule has 3 atom stereocenters. The van der Waals surface area contributed by atoms with Gasteiger partial charge >= 0.3 is 11.9 Å². The van der Waals surface area contributed by atoms with Gasteiger partial charge in [-0.3, -0.25) is 9.59 Å². The second-order valence-electron chi connectivity index (χ2n) is 6.13. The molecule has 1 fully saturated rings. The van der Waals surface area contributed by atoms with Crippen molar-refractivity contribution >= 4 is 17.8 Å². The lowest BCUT2D eigenvalue weighted by Gasteiger charge is -2.29. The molecule has 1 heterocycles. The predicted molar refractivity (Wildman–Crippen MR) is 87.1 cm³/mol. The average molecular weight is 350 g/mol. The quantitative estimate of drug-likeness (QED) is 0.740. The number of amides is 1. The molecule has 1 aliphatic heterocycles. The second-order valence-corrected chi connectivity index (χ2v) is 6.13. The summed E-state index contributed by atoms with van der Waals surface area (Å²) in [6.07, 6.45) is -0.927. The molecule has 1 aliphatic rings. The zero-order valence-corrected chi connectivity index (χ0v) is 14.3. The van der Waals surface area contributed by atoms with Crippen LogP contribution in [0.25, 0.3) is 0 Å². The lowest BCUT2D eigenvalue weighted by atomic mass is 10.0. The molecule has 2 N–H and O–H groups in total. The van der Waals surface area contributed by atoms with Gasteiger partial charge in [-0.1, -0.05) is 49.2 Å². The number of carboxylic acids is 1. The molecule has 25 heavy (non-hydrogen) atoms. The van der Waals surface area contributed by atoms with Crippen molar-refractivity contribution in [1.29, 1.82) is 0 Å². The van der Waals surface area contributed by atoms with Gasteiger partial charge in [0.25, 0.3) is 0 Å². The predicted octanol–water partition coefficient (Wildman–Crippen LogP) is 0.569. The van der Waals surface area contributed by atoms with Crippen molar-refractivity contribution in [1.82, 2.24) is 10.4 Å². The molecule has 0 aliphatic carbocycles. The standard InChI is InChI=1S/C17H22N2O6/c1-10(2)14(16(21)22)19-15(24-3)13(17(23)25-19)18-12(20)9-11-7-5-4-6-8-11/h4-8,10,13-15H,9H2,1-3H3,(H,18,20)(H,21,22). The van der Waals surface area contributed by atoms with E-state index in [1.54, 1.807) is 26.0 Å². The minimum Gasteiger partial charge on any atom is -0.480 e. The van der Waals surface area contributed by atoms with Gasteiger partial charge in [-0.25, -0.2) is 4.79 Å². The smallest absolute Gasteiger partial charge is 0.351 e. The van der Waals surface area contributed by atoms with Crippen LogP contribution in [0.2, 0.25) is 0 Å². The Labute approximate surface area is 145 Å². The molecule has 3 unspecified atom stereocenters. The fourth-order valence-electron chi connectivity index (χ4n) is 2.75. The number of carbonyl (C=O) groups is 3.